The highest BCUT2D eigenvalue weighted by Crippen LogP contribution is 2.21. The van der Waals surface area contributed by atoms with Crippen LogP contribution in [0.2, 0.25) is 0 Å². The van der Waals surface area contributed by atoms with Gasteiger partial charge >= 0.3 is 0 Å². The van der Waals surface area contributed by atoms with Crippen molar-refractivity contribution in [2.45, 2.75) is 0 Å². The van der Waals surface area contributed by atoms with Gasteiger partial charge in [-0.05, 0) is 48.6 Å². The zero-order chi connectivity index (χ0) is 17.8. The molecule has 2 aromatic carbocycles. The molecule has 0 aliphatic carbocycles. The summed E-state index contributed by atoms with van der Waals surface area (Å²) in [6.07, 6.45) is 1.33. The molecule has 1 aliphatic heterocycles. The largest absolute Gasteiger partial charge is 0.497 e. The first kappa shape index (κ1) is 16.8. The van der Waals surface area contributed by atoms with E-state index in [4.69, 9.17) is 17.0 Å². The normalized spacial score (nSPS) is 17.7. The van der Waals surface area contributed by atoms with Crippen LogP contribution in [0, 0.1) is 5.92 Å². The Hall–Kier alpha value is -3.06. The fraction of sp³-hybridized carbons (Fsp3) is 0.111. The molecule has 1 fully saturated rings. The Morgan fingerprint density at radius 3 is 2.44 bits per heavy atom. The molecule has 0 saturated carbocycles. The molecule has 3 rings (SSSR count). The molecule has 0 bridgehead atoms. The highest BCUT2D eigenvalue weighted by atomic mass is 32.1. The number of carbonyl (C=O) groups is 2. The number of carbonyl (C=O) groups excluding carboxylic acids is 2. The van der Waals surface area contributed by atoms with Gasteiger partial charge in [-0.1, -0.05) is 18.2 Å². The lowest BCUT2D eigenvalue weighted by Crippen LogP contribution is -2.58. The van der Waals surface area contributed by atoms with Crippen molar-refractivity contribution in [2.75, 3.05) is 12.0 Å². The highest BCUT2D eigenvalue weighted by Gasteiger charge is 2.38. The second-order valence-corrected chi connectivity index (χ2v) is 5.64. The van der Waals surface area contributed by atoms with Crippen molar-refractivity contribution in [2.24, 2.45) is 10.9 Å². The lowest BCUT2D eigenvalue weighted by atomic mass is 10.1. The second kappa shape index (κ2) is 7.23. The van der Waals surface area contributed by atoms with Crippen molar-refractivity contribution >= 4 is 46.7 Å². The van der Waals surface area contributed by atoms with Gasteiger partial charge in [0.05, 0.1) is 18.5 Å². The van der Waals surface area contributed by atoms with E-state index in [-0.39, 0.29) is 5.11 Å². The predicted octanol–water partition coefficient (Wildman–Crippen LogP) is 2.46. The molecule has 0 aromatic heterocycles. The summed E-state index contributed by atoms with van der Waals surface area (Å²) in [7, 11) is 1.57. The van der Waals surface area contributed by atoms with Crippen LogP contribution >= 0.6 is 12.2 Å². The molecule has 1 heterocycles. The number of amides is 2. The number of aliphatic imine (C=N–C) groups is 1. The molecule has 1 N–H and O–H groups in total. The molecule has 2 aromatic rings. The van der Waals surface area contributed by atoms with E-state index in [9.17, 15) is 9.59 Å². The number of hydrogen-bond acceptors (Lipinski definition) is 5. The number of anilines is 1. The molecular formula is C18H15N3O3S. The molecule has 1 aliphatic rings. The molecular weight excluding hydrogens is 338 g/mol. The number of rotatable bonds is 4. The molecule has 126 valence electrons. The van der Waals surface area contributed by atoms with Gasteiger partial charge in [0, 0.05) is 6.21 Å². The summed E-state index contributed by atoms with van der Waals surface area (Å²) in [4.78, 5) is 30.4. The van der Waals surface area contributed by atoms with Crippen LogP contribution in [0.15, 0.2) is 59.6 Å². The van der Waals surface area contributed by atoms with Crippen molar-refractivity contribution in [3.05, 3.63) is 54.6 Å². The van der Waals surface area contributed by atoms with Crippen LogP contribution in [0.25, 0.3) is 0 Å². The van der Waals surface area contributed by atoms with Gasteiger partial charge in [-0.3, -0.25) is 19.5 Å². The maximum Gasteiger partial charge on any atom is 0.251 e. The van der Waals surface area contributed by atoms with Crippen molar-refractivity contribution < 1.29 is 14.3 Å². The lowest BCUT2D eigenvalue weighted by molar-refractivity contribution is -0.130. The summed E-state index contributed by atoms with van der Waals surface area (Å²) >= 11 is 5.14. The first-order valence-corrected chi connectivity index (χ1v) is 7.93. The number of nitrogens with one attached hydrogen (secondary N) is 1. The molecule has 2 amide bonds. The van der Waals surface area contributed by atoms with Crippen LogP contribution in [0.5, 0.6) is 5.75 Å². The SMILES string of the molecule is COc1ccc(N=C[C@@H]2C(=O)NC(=S)N(c3ccccc3)C2=O)cc1. The topological polar surface area (TPSA) is 71.0 Å². The van der Waals surface area contributed by atoms with Gasteiger partial charge in [-0.15, -0.1) is 0 Å². The minimum atomic E-state index is -1.05. The average Bonchev–Trinajstić information content (AvgIpc) is 2.62. The predicted molar refractivity (Wildman–Crippen MR) is 99.3 cm³/mol. The average molecular weight is 353 g/mol. The van der Waals surface area contributed by atoms with E-state index in [0.29, 0.717) is 17.1 Å². The summed E-state index contributed by atoms with van der Waals surface area (Å²) < 4.78 is 5.08. The molecule has 0 spiro atoms. The van der Waals surface area contributed by atoms with Gasteiger partial charge in [0.1, 0.15) is 5.75 Å². The Kier molecular flexibility index (Phi) is 4.85. The van der Waals surface area contributed by atoms with Gasteiger partial charge in [-0.2, -0.15) is 0 Å². The van der Waals surface area contributed by atoms with Crippen LogP contribution in [0.4, 0.5) is 11.4 Å². The molecule has 0 radical (unpaired) electrons. The minimum Gasteiger partial charge on any atom is -0.497 e. The van der Waals surface area contributed by atoms with Crippen LogP contribution in [-0.2, 0) is 9.59 Å². The quantitative estimate of drug-likeness (QED) is 0.521. The Morgan fingerprint density at radius 2 is 1.80 bits per heavy atom. The first-order valence-electron chi connectivity index (χ1n) is 7.52. The standard InChI is InChI=1S/C18H15N3O3S/c1-24-14-9-7-12(8-10-14)19-11-15-16(22)20-18(25)21(17(15)23)13-5-3-2-4-6-13/h2-11,15H,1H3,(H,20,22,25)/t15-/m1/s1. The number of ether oxygens (including phenoxy) is 1. The van der Waals surface area contributed by atoms with Crippen molar-refractivity contribution in [1.82, 2.24) is 5.32 Å². The Bertz CT molecular complexity index is 834. The number of nitrogens with zero attached hydrogens (tertiary/aromatic N) is 2. The third-order valence-electron chi connectivity index (χ3n) is 3.66. The summed E-state index contributed by atoms with van der Waals surface area (Å²) in [6.45, 7) is 0. The summed E-state index contributed by atoms with van der Waals surface area (Å²) in [5.41, 5.74) is 1.21. The van der Waals surface area contributed by atoms with Gasteiger partial charge in [0.15, 0.2) is 11.0 Å². The number of methoxy groups -OCH3 is 1. The monoisotopic (exact) mass is 353 g/mol. The zero-order valence-corrected chi connectivity index (χ0v) is 14.2. The highest BCUT2D eigenvalue weighted by molar-refractivity contribution is 7.80. The van der Waals surface area contributed by atoms with Gasteiger partial charge in [0.2, 0.25) is 5.91 Å². The third-order valence-corrected chi connectivity index (χ3v) is 3.95. The first-order chi connectivity index (χ1) is 12.1. The number of benzene rings is 2. The molecule has 6 nitrogen and oxygen atoms in total. The number of para-hydroxylation sites is 1. The van der Waals surface area contributed by atoms with Gasteiger partial charge in [0.25, 0.3) is 5.91 Å². The van der Waals surface area contributed by atoms with E-state index in [1.54, 1.807) is 55.6 Å². The van der Waals surface area contributed by atoms with Crippen LogP contribution in [-0.4, -0.2) is 30.3 Å². The maximum absolute atomic E-state index is 12.7. The van der Waals surface area contributed by atoms with Gasteiger partial charge < -0.3 is 10.1 Å². The minimum absolute atomic E-state index is 0.0651. The van der Waals surface area contributed by atoms with Crippen LogP contribution in [0.1, 0.15) is 0 Å². The summed E-state index contributed by atoms with van der Waals surface area (Å²) in [5, 5.41) is 2.61. The van der Waals surface area contributed by atoms with E-state index in [1.165, 1.54) is 11.1 Å². The summed E-state index contributed by atoms with van der Waals surface area (Å²) in [6, 6.07) is 15.9. The van der Waals surface area contributed by atoms with E-state index in [2.05, 4.69) is 10.3 Å². The maximum atomic E-state index is 12.7. The van der Waals surface area contributed by atoms with Crippen molar-refractivity contribution in [3.63, 3.8) is 0 Å². The van der Waals surface area contributed by atoms with Crippen molar-refractivity contribution in [3.8, 4) is 5.75 Å². The molecule has 7 heteroatoms. The van der Waals surface area contributed by atoms with Crippen molar-refractivity contribution in [1.29, 1.82) is 0 Å². The smallest absolute Gasteiger partial charge is 0.251 e. The Labute approximate surface area is 150 Å². The van der Waals surface area contributed by atoms with E-state index >= 15 is 0 Å². The number of thiocarbonyl (C=S) groups is 1. The van der Waals surface area contributed by atoms with Crippen LogP contribution in [0.3, 0.4) is 0 Å². The Morgan fingerprint density at radius 1 is 1.12 bits per heavy atom. The zero-order valence-electron chi connectivity index (χ0n) is 13.4. The van der Waals surface area contributed by atoms with E-state index in [0.717, 1.165) is 0 Å². The van der Waals surface area contributed by atoms with Crippen LogP contribution < -0.4 is 15.0 Å². The fourth-order valence-corrected chi connectivity index (χ4v) is 2.67. The molecule has 0 unspecified atom stereocenters. The van der Waals surface area contributed by atoms with E-state index < -0.39 is 17.7 Å². The lowest BCUT2D eigenvalue weighted by Gasteiger charge is -2.30. The Balaban J connectivity index is 1.84. The van der Waals surface area contributed by atoms with E-state index in [1.807, 2.05) is 6.07 Å². The molecule has 1 atom stereocenters. The summed E-state index contributed by atoms with van der Waals surface area (Å²) in [5.74, 6) is -1.27. The molecule has 1 saturated heterocycles. The van der Waals surface area contributed by atoms with Gasteiger partial charge in [-0.25, -0.2) is 0 Å². The number of hydrogen-bond donors (Lipinski definition) is 1. The third kappa shape index (κ3) is 3.56. The molecule has 25 heavy (non-hydrogen) atoms. The second-order valence-electron chi connectivity index (χ2n) is 5.26. The fourth-order valence-electron chi connectivity index (χ4n) is 2.37.